The maximum absolute atomic E-state index is 12.2. The highest BCUT2D eigenvalue weighted by Gasteiger charge is 2.29. The van der Waals surface area contributed by atoms with Crippen molar-refractivity contribution in [3.63, 3.8) is 0 Å². The Hall–Kier alpha value is -1.38. The van der Waals surface area contributed by atoms with Crippen LogP contribution in [-0.4, -0.2) is 56.4 Å². The fourth-order valence-electron chi connectivity index (χ4n) is 4.00. The number of rotatable bonds is 9. The van der Waals surface area contributed by atoms with Crippen LogP contribution >= 0.6 is 23.1 Å². The Bertz CT molecular complexity index is 700. The Morgan fingerprint density at radius 3 is 2.86 bits per heavy atom. The van der Waals surface area contributed by atoms with Crippen LogP contribution in [0.3, 0.4) is 0 Å². The summed E-state index contributed by atoms with van der Waals surface area (Å²) in [5.41, 5.74) is 0.0671. The van der Waals surface area contributed by atoms with Gasteiger partial charge in [0.25, 0.3) is 0 Å². The van der Waals surface area contributed by atoms with Crippen LogP contribution < -0.4 is 0 Å². The highest BCUT2D eigenvalue weighted by atomic mass is 32.2. The molecule has 2 N–H and O–H groups in total. The van der Waals surface area contributed by atoms with E-state index in [9.17, 15) is 14.7 Å². The third-order valence-electron chi connectivity index (χ3n) is 5.49. The van der Waals surface area contributed by atoms with Crippen molar-refractivity contribution in [3.8, 4) is 0 Å². The lowest BCUT2D eigenvalue weighted by molar-refractivity contribution is -0.128. The van der Waals surface area contributed by atoms with E-state index < -0.39 is 12.1 Å². The van der Waals surface area contributed by atoms with E-state index in [4.69, 9.17) is 5.11 Å². The van der Waals surface area contributed by atoms with E-state index >= 15 is 0 Å². The van der Waals surface area contributed by atoms with Gasteiger partial charge in [-0.2, -0.15) is 0 Å². The Kier molecular flexibility index (Phi) is 7.93. The average Bonchev–Trinajstić information content (AvgIpc) is 3.29. The highest BCUT2D eigenvalue weighted by molar-refractivity contribution is 8.01. The minimum Gasteiger partial charge on any atom is -0.476 e. The molecule has 2 aliphatic rings. The molecule has 3 rings (SSSR count). The number of aromatic carboxylic acids is 1. The first-order valence-corrected chi connectivity index (χ1v) is 11.9. The predicted molar refractivity (Wildman–Crippen MR) is 111 cm³/mol. The Balaban J connectivity index is 1.45. The summed E-state index contributed by atoms with van der Waals surface area (Å²) in [7, 11) is 0. The second-order valence-corrected chi connectivity index (χ2v) is 9.74. The van der Waals surface area contributed by atoms with Gasteiger partial charge in [-0.05, 0) is 18.8 Å². The van der Waals surface area contributed by atoms with Crippen molar-refractivity contribution in [2.75, 3.05) is 12.3 Å². The molecule has 2 atom stereocenters. The van der Waals surface area contributed by atoms with Gasteiger partial charge in [0.2, 0.25) is 5.91 Å². The molecule has 6 nitrogen and oxygen atoms in total. The number of aromatic nitrogens is 1. The number of hydrogen-bond acceptors (Lipinski definition) is 6. The quantitative estimate of drug-likeness (QED) is 0.463. The minimum absolute atomic E-state index is 0.0416. The van der Waals surface area contributed by atoms with Crippen LogP contribution in [-0.2, 0) is 4.79 Å². The number of carboxylic acids is 1. The number of likely N-dealkylation sites (tertiary alicyclic amines) is 1. The lowest BCUT2D eigenvalue weighted by atomic mass is 9.85. The van der Waals surface area contributed by atoms with Crippen LogP contribution in [0.5, 0.6) is 0 Å². The van der Waals surface area contributed by atoms with E-state index in [1.807, 2.05) is 17.1 Å². The minimum atomic E-state index is -1.02. The van der Waals surface area contributed by atoms with E-state index in [-0.39, 0.29) is 17.6 Å². The van der Waals surface area contributed by atoms with Gasteiger partial charge in [-0.1, -0.05) is 56.0 Å². The molecule has 2 heterocycles. The van der Waals surface area contributed by atoms with Gasteiger partial charge in [0.05, 0.1) is 12.1 Å². The van der Waals surface area contributed by atoms with Crippen molar-refractivity contribution in [1.82, 2.24) is 9.88 Å². The topological polar surface area (TPSA) is 90.7 Å². The Labute approximate surface area is 174 Å². The molecule has 1 saturated heterocycles. The molecular weight excluding hydrogens is 396 g/mol. The summed E-state index contributed by atoms with van der Waals surface area (Å²) in [5, 5.41) is 20.8. The summed E-state index contributed by atoms with van der Waals surface area (Å²) >= 11 is 2.79. The summed E-state index contributed by atoms with van der Waals surface area (Å²) < 4.78 is 0.707. The van der Waals surface area contributed by atoms with Crippen LogP contribution in [0.1, 0.15) is 61.9 Å². The van der Waals surface area contributed by atoms with Crippen molar-refractivity contribution < 1.29 is 19.8 Å². The van der Waals surface area contributed by atoms with Gasteiger partial charge < -0.3 is 15.1 Å². The molecule has 0 aromatic carbocycles. The molecule has 1 aliphatic heterocycles. The van der Waals surface area contributed by atoms with Gasteiger partial charge in [-0.15, -0.1) is 11.3 Å². The maximum atomic E-state index is 12.2. The average molecular weight is 425 g/mol. The van der Waals surface area contributed by atoms with E-state index in [0.717, 1.165) is 12.8 Å². The van der Waals surface area contributed by atoms with Gasteiger partial charge in [-0.25, -0.2) is 9.78 Å². The molecule has 0 radical (unpaired) electrons. The molecule has 1 aromatic rings. The summed E-state index contributed by atoms with van der Waals surface area (Å²) in [5.74, 6) is 0.421. The molecule has 0 unspecified atom stereocenters. The zero-order valence-electron chi connectivity index (χ0n) is 16.0. The van der Waals surface area contributed by atoms with Gasteiger partial charge in [-0.3, -0.25) is 4.79 Å². The van der Waals surface area contributed by atoms with E-state index in [1.54, 1.807) is 0 Å². The molecule has 2 fully saturated rings. The number of aliphatic hydroxyl groups excluding tert-OH is 1. The predicted octanol–water partition coefficient (Wildman–Crippen LogP) is 3.81. The molecular formula is C20H28N2O4S2. The van der Waals surface area contributed by atoms with E-state index in [0.29, 0.717) is 29.0 Å². The Morgan fingerprint density at radius 1 is 1.36 bits per heavy atom. The number of amides is 1. The second-order valence-electron chi connectivity index (χ2n) is 7.54. The SMILES string of the molecule is O=C(O)c1csc(SCCN2C(=O)CC[C@@H]2/C=C/[C@@H](O)CC2CCCCC2)n1. The van der Waals surface area contributed by atoms with Crippen LogP contribution in [0.15, 0.2) is 21.9 Å². The lowest BCUT2D eigenvalue weighted by Gasteiger charge is -2.24. The summed E-state index contributed by atoms with van der Waals surface area (Å²) in [4.78, 5) is 29.0. The van der Waals surface area contributed by atoms with Gasteiger partial charge in [0, 0.05) is 24.1 Å². The molecule has 1 aliphatic carbocycles. The molecule has 28 heavy (non-hydrogen) atoms. The normalized spacial score (nSPS) is 22.2. The number of carbonyl (C=O) groups is 2. The Morgan fingerprint density at radius 2 is 2.14 bits per heavy atom. The first kappa shape index (κ1) is 21.3. The number of thiazole rings is 1. The molecule has 1 amide bonds. The van der Waals surface area contributed by atoms with Crippen LogP contribution in [0, 0.1) is 5.92 Å². The number of nitrogens with zero attached hydrogens (tertiary/aromatic N) is 2. The van der Waals surface area contributed by atoms with Crippen molar-refractivity contribution in [3.05, 3.63) is 23.2 Å². The third kappa shape index (κ3) is 6.06. The van der Waals surface area contributed by atoms with Crippen molar-refractivity contribution in [2.45, 2.75) is 67.9 Å². The lowest BCUT2D eigenvalue weighted by Crippen LogP contribution is -2.34. The molecule has 1 aromatic heterocycles. The molecule has 0 spiro atoms. The molecule has 1 saturated carbocycles. The smallest absolute Gasteiger partial charge is 0.355 e. The monoisotopic (exact) mass is 424 g/mol. The molecule has 0 bridgehead atoms. The highest BCUT2D eigenvalue weighted by Crippen LogP contribution is 2.28. The fraction of sp³-hybridized carbons (Fsp3) is 0.650. The maximum Gasteiger partial charge on any atom is 0.355 e. The standard InChI is InChI=1S/C20H28N2O4S2/c23-16(12-14-4-2-1-3-5-14)8-6-15-7-9-18(24)22(15)10-11-27-20-21-17(13-28-20)19(25)26/h6,8,13-16,23H,1-5,7,9-12H2,(H,25,26)/b8-6+/t15-,16+/m0/s1. The second kappa shape index (κ2) is 10.4. The fourth-order valence-corrected chi connectivity index (χ4v) is 5.81. The van der Waals surface area contributed by atoms with Gasteiger partial charge in [0.1, 0.15) is 0 Å². The first-order valence-electron chi connectivity index (χ1n) is 10.0. The third-order valence-corrected chi connectivity index (χ3v) is 7.49. The zero-order chi connectivity index (χ0) is 19.9. The van der Waals surface area contributed by atoms with Gasteiger partial charge in [0.15, 0.2) is 10.0 Å². The van der Waals surface area contributed by atoms with Gasteiger partial charge >= 0.3 is 5.97 Å². The van der Waals surface area contributed by atoms with E-state index in [1.165, 1.54) is 60.6 Å². The number of aliphatic hydroxyl groups is 1. The van der Waals surface area contributed by atoms with Crippen LogP contribution in [0.25, 0.3) is 0 Å². The molecule has 154 valence electrons. The number of carbonyl (C=O) groups excluding carboxylic acids is 1. The number of hydrogen-bond donors (Lipinski definition) is 2. The van der Waals surface area contributed by atoms with Crippen molar-refractivity contribution in [1.29, 1.82) is 0 Å². The van der Waals surface area contributed by atoms with E-state index in [2.05, 4.69) is 4.98 Å². The summed E-state index contributed by atoms with van der Waals surface area (Å²) in [6.07, 6.45) is 11.9. The van der Waals surface area contributed by atoms with Crippen LogP contribution in [0.4, 0.5) is 0 Å². The number of carboxylic acid groups (broad SMARTS) is 1. The van der Waals surface area contributed by atoms with Crippen molar-refractivity contribution in [2.24, 2.45) is 5.92 Å². The van der Waals surface area contributed by atoms with Crippen LogP contribution in [0.2, 0.25) is 0 Å². The van der Waals surface area contributed by atoms with Crippen molar-refractivity contribution >= 4 is 35.0 Å². The summed E-state index contributed by atoms with van der Waals surface area (Å²) in [6, 6.07) is 0.0416. The zero-order valence-corrected chi connectivity index (χ0v) is 17.6. The first-order chi connectivity index (χ1) is 13.5. The number of thioether (sulfide) groups is 1. The largest absolute Gasteiger partial charge is 0.476 e. The summed E-state index contributed by atoms with van der Waals surface area (Å²) in [6.45, 7) is 0.596. The molecule has 8 heteroatoms.